The summed E-state index contributed by atoms with van der Waals surface area (Å²) in [7, 11) is 3.34. The molecule has 2 rings (SSSR count). The van der Waals surface area contributed by atoms with Gasteiger partial charge in [0.1, 0.15) is 0 Å². The third kappa shape index (κ3) is 1.79. The molecule has 3 nitrogen and oxygen atoms in total. The average molecular weight is 207 g/mol. The van der Waals surface area contributed by atoms with Crippen molar-refractivity contribution in [2.45, 2.75) is 12.3 Å². The van der Waals surface area contributed by atoms with Crippen LogP contribution in [0.2, 0.25) is 0 Å². The Labute approximate surface area is 90.2 Å². The van der Waals surface area contributed by atoms with Crippen LogP contribution in [-0.4, -0.2) is 20.8 Å². The highest BCUT2D eigenvalue weighted by atomic mass is 16.5. The van der Waals surface area contributed by atoms with E-state index in [4.69, 9.17) is 15.2 Å². The standard InChI is InChI=1S/C12H17NO2/c1-14-11-5-3-4-9(12(11)15-2)10-6-8(10)7-13/h3-5,8,10H,6-7,13H2,1-2H3/t8-,10+/m0/s1. The number of ether oxygens (including phenoxy) is 2. The quantitative estimate of drug-likeness (QED) is 0.818. The third-order valence-corrected chi connectivity index (χ3v) is 3.06. The first kappa shape index (κ1) is 10.3. The van der Waals surface area contributed by atoms with Gasteiger partial charge in [0, 0.05) is 5.56 Å². The van der Waals surface area contributed by atoms with Crippen LogP contribution in [0.15, 0.2) is 18.2 Å². The van der Waals surface area contributed by atoms with Crippen molar-refractivity contribution < 1.29 is 9.47 Å². The molecule has 0 spiro atoms. The fourth-order valence-corrected chi connectivity index (χ4v) is 2.09. The smallest absolute Gasteiger partial charge is 0.164 e. The van der Waals surface area contributed by atoms with Crippen molar-refractivity contribution in [3.63, 3.8) is 0 Å². The van der Waals surface area contributed by atoms with Crippen molar-refractivity contribution >= 4 is 0 Å². The van der Waals surface area contributed by atoms with E-state index in [0.717, 1.165) is 18.0 Å². The molecular formula is C12H17NO2. The highest BCUT2D eigenvalue weighted by Crippen LogP contribution is 2.51. The maximum absolute atomic E-state index is 5.65. The lowest BCUT2D eigenvalue weighted by molar-refractivity contribution is 0.351. The average Bonchev–Trinajstić information content (AvgIpc) is 3.07. The van der Waals surface area contributed by atoms with Crippen LogP contribution in [0.25, 0.3) is 0 Å². The van der Waals surface area contributed by atoms with Crippen LogP contribution in [0, 0.1) is 5.92 Å². The summed E-state index contributed by atoms with van der Waals surface area (Å²) in [5.74, 6) is 2.84. The molecule has 1 aliphatic rings. The molecule has 0 bridgehead atoms. The molecule has 2 atom stereocenters. The minimum absolute atomic E-state index is 0.556. The summed E-state index contributed by atoms with van der Waals surface area (Å²) in [6.45, 7) is 0.755. The van der Waals surface area contributed by atoms with Gasteiger partial charge >= 0.3 is 0 Å². The number of hydrogen-bond acceptors (Lipinski definition) is 3. The molecule has 0 radical (unpaired) electrons. The van der Waals surface area contributed by atoms with Gasteiger partial charge in [0.15, 0.2) is 11.5 Å². The molecule has 1 aliphatic carbocycles. The van der Waals surface area contributed by atoms with Crippen molar-refractivity contribution in [1.29, 1.82) is 0 Å². The van der Waals surface area contributed by atoms with Gasteiger partial charge in [-0.2, -0.15) is 0 Å². The summed E-state index contributed by atoms with van der Waals surface area (Å²) in [6.07, 6.45) is 1.17. The molecule has 1 fully saturated rings. The molecule has 1 aromatic rings. The summed E-state index contributed by atoms with van der Waals surface area (Å²) in [5.41, 5.74) is 6.88. The molecule has 0 aromatic heterocycles. The van der Waals surface area contributed by atoms with Crippen molar-refractivity contribution in [1.82, 2.24) is 0 Å². The van der Waals surface area contributed by atoms with Crippen molar-refractivity contribution in [2.75, 3.05) is 20.8 Å². The Kier molecular flexibility index (Phi) is 2.82. The highest BCUT2D eigenvalue weighted by molar-refractivity contribution is 5.50. The lowest BCUT2D eigenvalue weighted by atomic mass is 10.1. The molecule has 15 heavy (non-hydrogen) atoms. The Hall–Kier alpha value is -1.22. The molecule has 0 saturated heterocycles. The van der Waals surface area contributed by atoms with E-state index in [1.54, 1.807) is 14.2 Å². The molecule has 3 heteroatoms. The Balaban J connectivity index is 2.31. The minimum Gasteiger partial charge on any atom is -0.493 e. The van der Waals surface area contributed by atoms with Gasteiger partial charge in [0.25, 0.3) is 0 Å². The predicted molar refractivity (Wildman–Crippen MR) is 59.4 cm³/mol. The van der Waals surface area contributed by atoms with Crippen LogP contribution in [-0.2, 0) is 0 Å². The SMILES string of the molecule is COc1cccc([C@@H]2C[C@H]2CN)c1OC. The lowest BCUT2D eigenvalue weighted by Gasteiger charge is -2.12. The molecule has 2 N–H and O–H groups in total. The maximum atomic E-state index is 5.65. The highest BCUT2D eigenvalue weighted by Gasteiger charge is 2.39. The summed E-state index contributed by atoms with van der Waals surface area (Å²) in [6, 6.07) is 6.02. The number of methoxy groups -OCH3 is 2. The molecular weight excluding hydrogens is 190 g/mol. The lowest BCUT2D eigenvalue weighted by Crippen LogP contribution is -2.03. The molecule has 1 saturated carbocycles. The number of hydrogen-bond donors (Lipinski definition) is 1. The minimum atomic E-state index is 0.556. The second-order valence-electron chi connectivity index (χ2n) is 3.92. The molecule has 0 amide bonds. The van der Waals surface area contributed by atoms with E-state index in [2.05, 4.69) is 6.07 Å². The van der Waals surface area contributed by atoms with Crippen molar-refractivity contribution in [3.05, 3.63) is 23.8 Å². The van der Waals surface area contributed by atoms with E-state index in [1.165, 1.54) is 12.0 Å². The normalized spacial score (nSPS) is 23.7. The van der Waals surface area contributed by atoms with E-state index in [1.807, 2.05) is 12.1 Å². The van der Waals surface area contributed by atoms with Crippen LogP contribution in [0.5, 0.6) is 11.5 Å². The van der Waals surface area contributed by atoms with Crippen LogP contribution in [0.1, 0.15) is 17.9 Å². The Morgan fingerprint density at radius 2 is 2.13 bits per heavy atom. The fraction of sp³-hybridized carbons (Fsp3) is 0.500. The van der Waals surface area contributed by atoms with E-state index in [0.29, 0.717) is 11.8 Å². The van der Waals surface area contributed by atoms with Crippen LogP contribution >= 0.6 is 0 Å². The van der Waals surface area contributed by atoms with E-state index >= 15 is 0 Å². The van der Waals surface area contributed by atoms with Gasteiger partial charge in [-0.05, 0) is 30.9 Å². The van der Waals surface area contributed by atoms with Gasteiger partial charge in [-0.15, -0.1) is 0 Å². The van der Waals surface area contributed by atoms with Gasteiger partial charge < -0.3 is 15.2 Å². The fourth-order valence-electron chi connectivity index (χ4n) is 2.09. The van der Waals surface area contributed by atoms with Crippen molar-refractivity contribution in [2.24, 2.45) is 11.7 Å². The van der Waals surface area contributed by atoms with Gasteiger partial charge in [0.05, 0.1) is 14.2 Å². The van der Waals surface area contributed by atoms with Crippen LogP contribution in [0.4, 0.5) is 0 Å². The molecule has 1 aromatic carbocycles. The molecule has 0 unspecified atom stereocenters. The summed E-state index contributed by atoms with van der Waals surface area (Å²) < 4.78 is 10.7. The van der Waals surface area contributed by atoms with E-state index < -0.39 is 0 Å². The molecule has 0 heterocycles. The first-order chi connectivity index (χ1) is 7.31. The largest absolute Gasteiger partial charge is 0.493 e. The zero-order valence-corrected chi connectivity index (χ0v) is 9.19. The van der Waals surface area contributed by atoms with Crippen molar-refractivity contribution in [3.8, 4) is 11.5 Å². The maximum Gasteiger partial charge on any atom is 0.164 e. The van der Waals surface area contributed by atoms with Gasteiger partial charge in [-0.25, -0.2) is 0 Å². The Morgan fingerprint density at radius 1 is 1.33 bits per heavy atom. The number of rotatable bonds is 4. The second kappa shape index (κ2) is 4.11. The zero-order valence-electron chi connectivity index (χ0n) is 9.19. The number of benzene rings is 1. The Bertz CT molecular complexity index is 351. The van der Waals surface area contributed by atoms with Crippen LogP contribution < -0.4 is 15.2 Å². The first-order valence-electron chi connectivity index (χ1n) is 5.22. The number of para-hydroxylation sites is 1. The summed E-state index contributed by atoms with van der Waals surface area (Å²) in [5, 5.41) is 0. The first-order valence-corrected chi connectivity index (χ1v) is 5.22. The van der Waals surface area contributed by atoms with E-state index in [9.17, 15) is 0 Å². The summed E-state index contributed by atoms with van der Waals surface area (Å²) >= 11 is 0. The third-order valence-electron chi connectivity index (χ3n) is 3.06. The van der Waals surface area contributed by atoms with Gasteiger partial charge in [0.2, 0.25) is 0 Å². The van der Waals surface area contributed by atoms with E-state index in [-0.39, 0.29) is 0 Å². The van der Waals surface area contributed by atoms with Gasteiger partial charge in [-0.3, -0.25) is 0 Å². The van der Waals surface area contributed by atoms with Gasteiger partial charge in [-0.1, -0.05) is 12.1 Å². The second-order valence-corrected chi connectivity index (χ2v) is 3.92. The molecule has 82 valence electrons. The number of nitrogens with two attached hydrogens (primary N) is 1. The predicted octanol–water partition coefficient (Wildman–Crippen LogP) is 1.77. The monoisotopic (exact) mass is 207 g/mol. The Morgan fingerprint density at radius 3 is 2.67 bits per heavy atom. The summed E-state index contributed by atoms with van der Waals surface area (Å²) in [4.78, 5) is 0. The van der Waals surface area contributed by atoms with Crippen LogP contribution in [0.3, 0.4) is 0 Å². The topological polar surface area (TPSA) is 44.5 Å². The molecule has 0 aliphatic heterocycles. The zero-order chi connectivity index (χ0) is 10.8.